The third kappa shape index (κ3) is 5.26. The Hall–Kier alpha value is 0.310. The van der Waals surface area contributed by atoms with E-state index < -0.39 is 0 Å². The third-order valence-corrected chi connectivity index (χ3v) is 5.20. The van der Waals surface area contributed by atoms with Gasteiger partial charge in [-0.1, -0.05) is 13.3 Å². The lowest BCUT2D eigenvalue weighted by Crippen LogP contribution is -2.53. The maximum atomic E-state index is 5.28. The molecule has 1 aliphatic carbocycles. The molecule has 2 atom stereocenters. The van der Waals surface area contributed by atoms with Crippen LogP contribution in [-0.2, 0) is 4.74 Å². The third-order valence-electron chi connectivity index (χ3n) is 4.11. The Balaban J connectivity index is 0.00000200. The molecule has 1 heterocycles. The molecule has 0 radical (unpaired) electrons. The summed E-state index contributed by atoms with van der Waals surface area (Å²) in [7, 11) is 1.85. The van der Waals surface area contributed by atoms with Crippen LogP contribution in [0.4, 0.5) is 0 Å². The molecule has 1 saturated heterocycles. The molecule has 6 heteroatoms. The maximum Gasteiger partial charge on any atom is 0.191 e. The zero-order valence-corrected chi connectivity index (χ0v) is 15.9. The summed E-state index contributed by atoms with van der Waals surface area (Å²) in [6, 6.07) is 0.572. The van der Waals surface area contributed by atoms with E-state index >= 15 is 0 Å². The Morgan fingerprint density at radius 2 is 2.15 bits per heavy atom. The monoisotopic (exact) mass is 413 g/mol. The van der Waals surface area contributed by atoms with Gasteiger partial charge in [0.1, 0.15) is 0 Å². The molecule has 0 amide bonds. The van der Waals surface area contributed by atoms with Gasteiger partial charge in [0.15, 0.2) is 5.96 Å². The van der Waals surface area contributed by atoms with Crippen LogP contribution in [0.3, 0.4) is 0 Å². The van der Waals surface area contributed by atoms with Crippen LogP contribution in [0.1, 0.15) is 32.6 Å². The number of ether oxygens (including phenoxy) is 1. The molecule has 1 saturated carbocycles. The highest BCUT2D eigenvalue weighted by molar-refractivity contribution is 14.0. The van der Waals surface area contributed by atoms with E-state index in [0.717, 1.165) is 31.0 Å². The normalized spacial score (nSPS) is 29.1. The topological polar surface area (TPSA) is 45.7 Å². The van der Waals surface area contributed by atoms with Gasteiger partial charge in [0.25, 0.3) is 0 Å². The second-order valence-electron chi connectivity index (χ2n) is 6.09. The summed E-state index contributed by atoms with van der Waals surface area (Å²) in [5, 5.41) is 7.83. The highest BCUT2D eigenvalue weighted by Gasteiger charge is 2.33. The first-order chi connectivity index (χ1) is 9.15. The fourth-order valence-corrected chi connectivity index (χ4v) is 3.55. The van der Waals surface area contributed by atoms with Crippen molar-refractivity contribution in [2.75, 3.05) is 33.1 Å². The molecule has 0 aromatic heterocycles. The smallest absolute Gasteiger partial charge is 0.191 e. The van der Waals surface area contributed by atoms with Crippen molar-refractivity contribution in [1.29, 1.82) is 0 Å². The summed E-state index contributed by atoms with van der Waals surface area (Å²) in [6.07, 6.45) is 7.42. The highest BCUT2D eigenvalue weighted by Crippen LogP contribution is 2.27. The van der Waals surface area contributed by atoms with Crippen molar-refractivity contribution in [1.82, 2.24) is 10.6 Å². The number of halogens is 1. The molecule has 2 N–H and O–H groups in total. The summed E-state index contributed by atoms with van der Waals surface area (Å²) < 4.78 is 5.28. The van der Waals surface area contributed by atoms with Crippen molar-refractivity contribution >= 4 is 41.7 Å². The molecule has 0 aromatic carbocycles. The van der Waals surface area contributed by atoms with E-state index in [1.54, 1.807) is 0 Å². The molecular formula is C14H28IN3OS. The molecule has 1 aliphatic heterocycles. The molecule has 2 rings (SSSR count). The molecule has 0 spiro atoms. The van der Waals surface area contributed by atoms with Gasteiger partial charge in [0.05, 0.1) is 13.2 Å². The molecule has 118 valence electrons. The van der Waals surface area contributed by atoms with Crippen LogP contribution < -0.4 is 10.6 Å². The zero-order chi connectivity index (χ0) is 13.7. The second-order valence-corrected chi connectivity index (χ2v) is 7.23. The van der Waals surface area contributed by atoms with Crippen LogP contribution in [0.15, 0.2) is 4.99 Å². The first kappa shape index (κ1) is 18.4. The van der Waals surface area contributed by atoms with Gasteiger partial charge in [0.2, 0.25) is 0 Å². The highest BCUT2D eigenvalue weighted by atomic mass is 127. The van der Waals surface area contributed by atoms with E-state index in [2.05, 4.69) is 28.8 Å². The predicted molar refractivity (Wildman–Crippen MR) is 98.4 cm³/mol. The van der Waals surface area contributed by atoms with Crippen LogP contribution in [0, 0.1) is 5.41 Å². The number of nitrogens with one attached hydrogen (secondary N) is 2. The van der Waals surface area contributed by atoms with Gasteiger partial charge in [-0.3, -0.25) is 4.99 Å². The molecule has 2 fully saturated rings. The minimum absolute atomic E-state index is 0. The van der Waals surface area contributed by atoms with Crippen molar-refractivity contribution in [3.05, 3.63) is 0 Å². The van der Waals surface area contributed by atoms with Gasteiger partial charge in [-0.15, -0.1) is 24.0 Å². The Morgan fingerprint density at radius 3 is 2.70 bits per heavy atom. The minimum atomic E-state index is 0. The van der Waals surface area contributed by atoms with E-state index in [1.807, 2.05) is 18.8 Å². The quantitative estimate of drug-likeness (QED) is 0.422. The van der Waals surface area contributed by atoms with E-state index in [0.29, 0.717) is 6.04 Å². The number of nitrogens with zero attached hydrogens (tertiary/aromatic N) is 1. The van der Waals surface area contributed by atoms with Crippen LogP contribution in [0.2, 0.25) is 0 Å². The molecule has 20 heavy (non-hydrogen) atoms. The predicted octanol–water partition coefficient (Wildman–Crippen LogP) is 2.48. The summed E-state index contributed by atoms with van der Waals surface area (Å²) in [4.78, 5) is 4.34. The number of aliphatic imine (C=N–C) groups is 1. The number of rotatable bonds is 4. The second kappa shape index (κ2) is 8.68. The Morgan fingerprint density at radius 1 is 1.40 bits per heavy atom. The zero-order valence-electron chi connectivity index (χ0n) is 12.8. The lowest BCUT2D eigenvalue weighted by molar-refractivity contribution is -0.0971. The number of guanidine groups is 1. The van der Waals surface area contributed by atoms with Gasteiger partial charge in [-0.25, -0.2) is 0 Å². The largest absolute Gasteiger partial charge is 0.380 e. The Bertz CT molecular complexity index is 324. The van der Waals surface area contributed by atoms with Crippen LogP contribution in [0.5, 0.6) is 0 Å². The first-order valence-corrected chi connectivity index (χ1v) is 8.52. The number of hydrogen-bond acceptors (Lipinski definition) is 3. The van der Waals surface area contributed by atoms with Crippen molar-refractivity contribution in [3.8, 4) is 0 Å². The summed E-state index contributed by atoms with van der Waals surface area (Å²) >= 11 is 2.00. The van der Waals surface area contributed by atoms with Gasteiger partial charge >= 0.3 is 0 Å². The molecule has 4 nitrogen and oxygen atoms in total. The van der Waals surface area contributed by atoms with Crippen LogP contribution >= 0.6 is 35.7 Å². The Kier molecular flexibility index (Phi) is 7.97. The molecule has 2 unspecified atom stereocenters. The maximum absolute atomic E-state index is 5.28. The van der Waals surface area contributed by atoms with E-state index in [4.69, 9.17) is 4.74 Å². The van der Waals surface area contributed by atoms with Crippen molar-refractivity contribution in [3.63, 3.8) is 0 Å². The van der Waals surface area contributed by atoms with E-state index in [1.165, 1.54) is 25.7 Å². The van der Waals surface area contributed by atoms with Crippen LogP contribution in [0.25, 0.3) is 0 Å². The SMILES string of the molecule is CN=C(NCC1(C)COC1)NC1CCCC(SC)C1.I. The number of thioether (sulfide) groups is 1. The summed E-state index contributed by atoms with van der Waals surface area (Å²) in [5.41, 5.74) is 0.284. The fourth-order valence-electron chi connectivity index (χ4n) is 2.73. The number of hydrogen-bond donors (Lipinski definition) is 2. The molecular weight excluding hydrogens is 385 g/mol. The summed E-state index contributed by atoms with van der Waals surface area (Å²) in [6.45, 7) is 4.90. The van der Waals surface area contributed by atoms with Gasteiger partial charge < -0.3 is 15.4 Å². The minimum Gasteiger partial charge on any atom is -0.380 e. The van der Waals surface area contributed by atoms with Crippen molar-refractivity contribution in [2.24, 2.45) is 10.4 Å². The molecule has 0 aromatic rings. The first-order valence-electron chi connectivity index (χ1n) is 7.23. The van der Waals surface area contributed by atoms with Gasteiger partial charge in [0, 0.05) is 30.3 Å². The average Bonchev–Trinajstić information content (AvgIpc) is 2.41. The fraction of sp³-hybridized carbons (Fsp3) is 0.929. The van der Waals surface area contributed by atoms with Gasteiger partial charge in [-0.2, -0.15) is 11.8 Å². The van der Waals surface area contributed by atoms with Crippen LogP contribution in [-0.4, -0.2) is 50.3 Å². The van der Waals surface area contributed by atoms with Gasteiger partial charge in [-0.05, 0) is 25.5 Å². The van der Waals surface area contributed by atoms with E-state index in [9.17, 15) is 0 Å². The van der Waals surface area contributed by atoms with Crippen molar-refractivity contribution < 1.29 is 4.74 Å². The standard InChI is InChI=1S/C14H27N3OS.HI/c1-14(9-18-10-14)8-16-13(15-2)17-11-5-4-6-12(7-11)19-3;/h11-12H,4-10H2,1-3H3,(H2,15,16,17);1H. The molecule has 0 bridgehead atoms. The van der Waals surface area contributed by atoms with E-state index in [-0.39, 0.29) is 29.4 Å². The average molecular weight is 413 g/mol. The van der Waals surface area contributed by atoms with Crippen molar-refractivity contribution in [2.45, 2.75) is 43.9 Å². The molecule has 2 aliphatic rings. The Labute approximate surface area is 144 Å². The summed E-state index contributed by atoms with van der Waals surface area (Å²) in [5.74, 6) is 0.944. The lowest BCUT2D eigenvalue weighted by atomic mass is 9.89. The lowest BCUT2D eigenvalue weighted by Gasteiger charge is -2.38.